The number of ketones is 1. The minimum absolute atomic E-state index is 0.0155. The third-order valence-corrected chi connectivity index (χ3v) is 8.35. The summed E-state index contributed by atoms with van der Waals surface area (Å²) in [6.07, 6.45) is -0.287. The molecule has 1 aliphatic heterocycles. The van der Waals surface area contributed by atoms with Crippen molar-refractivity contribution >= 4 is 34.9 Å². The first-order valence-corrected chi connectivity index (χ1v) is 13.5. The molecule has 2 amide bonds. The second kappa shape index (κ2) is 11.4. The average Bonchev–Trinajstić information content (AvgIpc) is 3.16. The number of rotatable bonds is 8. The van der Waals surface area contributed by atoms with Crippen molar-refractivity contribution in [2.45, 2.75) is 42.7 Å². The van der Waals surface area contributed by atoms with Gasteiger partial charge in [0.1, 0.15) is 0 Å². The number of fused-ring (bicyclic) bond motifs is 1. The fourth-order valence-corrected chi connectivity index (χ4v) is 6.08. The zero-order chi connectivity index (χ0) is 28.4. The molecule has 0 radical (unpaired) electrons. The number of para-hydroxylation sites is 1. The second-order valence-electron chi connectivity index (χ2n) is 10.3. The van der Waals surface area contributed by atoms with Crippen LogP contribution < -0.4 is 10.2 Å². The van der Waals surface area contributed by atoms with E-state index < -0.39 is 59.3 Å². The molecule has 5 atom stereocenters. The van der Waals surface area contributed by atoms with Crippen molar-refractivity contribution in [1.29, 1.82) is 0 Å². The number of nitrogens with zero attached hydrogens (tertiary/aromatic N) is 2. The predicted octanol–water partition coefficient (Wildman–Crippen LogP) is 4.59. The maximum absolute atomic E-state index is 14.2. The van der Waals surface area contributed by atoms with E-state index >= 15 is 0 Å². The van der Waals surface area contributed by atoms with Crippen molar-refractivity contribution in [3.63, 3.8) is 0 Å². The summed E-state index contributed by atoms with van der Waals surface area (Å²) < 4.78 is 28.4. The molecule has 0 saturated heterocycles. The van der Waals surface area contributed by atoms with E-state index in [0.29, 0.717) is 16.8 Å². The Morgan fingerprint density at radius 1 is 1.05 bits per heavy atom. The molecule has 1 saturated carbocycles. The van der Waals surface area contributed by atoms with Gasteiger partial charge < -0.3 is 15.3 Å². The summed E-state index contributed by atoms with van der Waals surface area (Å²) in [6, 6.07) is 17.3. The Bertz CT molecular complexity index is 1390. The Morgan fingerprint density at radius 2 is 1.75 bits per heavy atom. The van der Waals surface area contributed by atoms with Crippen molar-refractivity contribution in [2.24, 2.45) is 11.8 Å². The van der Waals surface area contributed by atoms with E-state index in [9.17, 15) is 28.3 Å². The Balaban J connectivity index is 1.34. The summed E-state index contributed by atoms with van der Waals surface area (Å²) in [5.74, 6) is -3.33. The van der Waals surface area contributed by atoms with Crippen LogP contribution in [-0.2, 0) is 10.4 Å². The summed E-state index contributed by atoms with van der Waals surface area (Å²) in [7, 11) is 0. The first-order chi connectivity index (χ1) is 19.2. The fraction of sp³-hybridized carbons (Fsp3) is 0.333. The van der Waals surface area contributed by atoms with Gasteiger partial charge in [-0.1, -0.05) is 48.5 Å². The molecule has 10 heteroatoms. The molecule has 208 valence electrons. The Hall–Kier alpha value is -3.69. The lowest BCUT2D eigenvalue weighted by Crippen LogP contribution is -2.52. The number of hydrogen-bond acceptors (Lipinski definition) is 5. The third kappa shape index (κ3) is 5.36. The number of nitrogens with one attached hydrogen (secondary N) is 1. The molecule has 3 aromatic rings. The van der Waals surface area contributed by atoms with Crippen molar-refractivity contribution in [3.8, 4) is 0 Å². The molecule has 0 spiro atoms. The third-order valence-electron chi connectivity index (χ3n) is 7.81. The lowest BCUT2D eigenvalue weighted by Gasteiger charge is -2.40. The highest BCUT2D eigenvalue weighted by atomic mass is 35.5. The molecule has 2 aliphatic rings. The monoisotopic (exact) mass is 567 g/mol. The molecule has 7 nitrogen and oxygen atoms in total. The van der Waals surface area contributed by atoms with Crippen molar-refractivity contribution in [2.75, 3.05) is 11.4 Å². The highest BCUT2D eigenvalue weighted by Crippen LogP contribution is 2.45. The molecular weight excluding hydrogens is 540 g/mol. The summed E-state index contributed by atoms with van der Waals surface area (Å²) in [6.45, 7) is -0.0155. The van der Waals surface area contributed by atoms with Gasteiger partial charge in [-0.3, -0.25) is 19.4 Å². The highest BCUT2D eigenvalue weighted by Gasteiger charge is 2.52. The van der Waals surface area contributed by atoms with Crippen molar-refractivity contribution < 1.29 is 28.3 Å². The van der Waals surface area contributed by atoms with Crippen molar-refractivity contribution in [1.82, 2.24) is 10.3 Å². The minimum atomic E-state index is -2.73. The number of anilines is 1. The molecule has 2 N–H and O–H groups in total. The molecular formula is C30H28ClF2N3O4. The molecule has 40 heavy (non-hydrogen) atoms. The molecule has 5 rings (SSSR count). The summed E-state index contributed by atoms with van der Waals surface area (Å²) in [5, 5.41) is 13.6. The van der Waals surface area contributed by atoms with Gasteiger partial charge in [0, 0.05) is 47.4 Å². The molecule has 2 heterocycles. The number of aromatic nitrogens is 1. The number of aliphatic hydroxyl groups is 1. The fourth-order valence-electron chi connectivity index (χ4n) is 5.71. The van der Waals surface area contributed by atoms with Crippen LogP contribution in [0.25, 0.3) is 0 Å². The summed E-state index contributed by atoms with van der Waals surface area (Å²) >= 11 is 6.70. The van der Waals surface area contributed by atoms with Crippen LogP contribution in [0.4, 0.5) is 14.5 Å². The van der Waals surface area contributed by atoms with Crippen LogP contribution in [0.3, 0.4) is 0 Å². The number of alkyl halides is 3. The van der Waals surface area contributed by atoms with Crippen LogP contribution in [0.5, 0.6) is 0 Å². The van der Waals surface area contributed by atoms with E-state index in [1.807, 2.05) is 0 Å². The van der Waals surface area contributed by atoms with E-state index in [-0.39, 0.29) is 24.9 Å². The lowest BCUT2D eigenvalue weighted by molar-refractivity contribution is -0.136. The Morgan fingerprint density at radius 3 is 2.45 bits per heavy atom. The lowest BCUT2D eigenvalue weighted by atomic mass is 9.77. The van der Waals surface area contributed by atoms with Crippen LogP contribution in [0, 0.1) is 11.8 Å². The van der Waals surface area contributed by atoms with E-state index in [0.717, 1.165) is 0 Å². The van der Waals surface area contributed by atoms with Gasteiger partial charge in [-0.15, -0.1) is 11.6 Å². The molecule has 2 aromatic carbocycles. The number of benzene rings is 2. The van der Waals surface area contributed by atoms with E-state index in [2.05, 4.69) is 10.3 Å². The van der Waals surface area contributed by atoms with Crippen LogP contribution in [-0.4, -0.2) is 52.1 Å². The maximum atomic E-state index is 14.2. The van der Waals surface area contributed by atoms with E-state index in [4.69, 9.17) is 11.6 Å². The normalized spacial score (nSPS) is 26.0. The minimum Gasteiger partial charge on any atom is -0.375 e. The SMILES string of the molecule is O=C(C[C@]1(O)C(=O)N(C[C@H]2C[C@@H](C(F)F)[C@H](NC(=O)c3cccnc3)C[C@H]2Cl)c2ccccc21)c1ccccc1. The van der Waals surface area contributed by atoms with Crippen LogP contribution in [0.15, 0.2) is 79.1 Å². The van der Waals surface area contributed by atoms with Gasteiger partial charge >= 0.3 is 0 Å². The van der Waals surface area contributed by atoms with Gasteiger partial charge in [0.15, 0.2) is 11.4 Å². The summed E-state index contributed by atoms with van der Waals surface area (Å²) in [4.78, 5) is 44.6. The van der Waals surface area contributed by atoms with Gasteiger partial charge in [0.05, 0.1) is 17.7 Å². The number of carbonyl (C=O) groups is 3. The smallest absolute Gasteiger partial charge is 0.264 e. The van der Waals surface area contributed by atoms with Gasteiger partial charge in [-0.05, 0) is 37.0 Å². The summed E-state index contributed by atoms with van der Waals surface area (Å²) in [5.41, 5.74) is -0.764. The molecule has 1 fully saturated rings. The average molecular weight is 568 g/mol. The van der Waals surface area contributed by atoms with E-state index in [1.54, 1.807) is 66.7 Å². The van der Waals surface area contributed by atoms with Crippen molar-refractivity contribution in [3.05, 3.63) is 95.8 Å². The predicted molar refractivity (Wildman–Crippen MR) is 145 cm³/mol. The number of pyridine rings is 1. The Kier molecular flexibility index (Phi) is 7.96. The van der Waals surface area contributed by atoms with E-state index in [1.165, 1.54) is 17.3 Å². The first-order valence-electron chi connectivity index (χ1n) is 13.0. The highest BCUT2D eigenvalue weighted by molar-refractivity contribution is 6.21. The number of halogens is 3. The van der Waals surface area contributed by atoms with Crippen LogP contribution >= 0.6 is 11.6 Å². The van der Waals surface area contributed by atoms with Gasteiger partial charge in [-0.25, -0.2) is 8.78 Å². The number of amides is 2. The van der Waals surface area contributed by atoms with Gasteiger partial charge in [0.2, 0.25) is 6.43 Å². The molecule has 1 aromatic heterocycles. The zero-order valence-electron chi connectivity index (χ0n) is 21.4. The largest absolute Gasteiger partial charge is 0.375 e. The first kappa shape index (κ1) is 27.9. The van der Waals surface area contributed by atoms with Gasteiger partial charge in [-0.2, -0.15) is 0 Å². The number of hydrogen-bond donors (Lipinski definition) is 2. The second-order valence-corrected chi connectivity index (χ2v) is 10.9. The Labute approximate surface area is 235 Å². The quantitative estimate of drug-likeness (QED) is 0.306. The standard InChI is InChI=1S/C30H28ClF2N3O4/c31-23-14-24(35-28(38)19-9-6-12-34-16-19)21(27(32)33)13-20(23)17-36-25-11-5-4-10-22(25)30(40,29(36)39)15-26(37)18-7-2-1-3-8-18/h1-12,16,20-21,23-24,27,40H,13-15,17H2,(H,35,38)/t20-,21-,23-,24-,30-/m1/s1. The molecule has 0 bridgehead atoms. The molecule has 1 aliphatic carbocycles. The number of Topliss-reactive ketones (excluding diaryl/α,β-unsaturated/α-hetero) is 1. The van der Waals surface area contributed by atoms with Crippen LogP contribution in [0.1, 0.15) is 45.5 Å². The topological polar surface area (TPSA) is 99.6 Å². The zero-order valence-corrected chi connectivity index (χ0v) is 22.2. The van der Waals surface area contributed by atoms with Crippen LogP contribution in [0.2, 0.25) is 0 Å². The molecule has 0 unspecified atom stereocenters. The maximum Gasteiger partial charge on any atom is 0.264 e. The number of carbonyl (C=O) groups excluding carboxylic acids is 3. The van der Waals surface area contributed by atoms with Gasteiger partial charge in [0.25, 0.3) is 11.8 Å².